The molecule has 0 heterocycles. The zero-order chi connectivity index (χ0) is 20.1. The highest BCUT2D eigenvalue weighted by Gasteiger charge is 2.29. The van der Waals surface area contributed by atoms with Gasteiger partial charge in [-0.25, -0.2) is 4.79 Å². The van der Waals surface area contributed by atoms with Gasteiger partial charge in [-0.3, -0.25) is 25.2 Å². The molecule has 1 fully saturated rings. The van der Waals surface area contributed by atoms with E-state index in [1.54, 1.807) is 24.3 Å². The van der Waals surface area contributed by atoms with Crippen LogP contribution < -0.4 is 16.2 Å². The number of amides is 3. The number of nitrogens with one attached hydrogen (secondary N) is 3. The molecule has 0 bridgehead atoms. The van der Waals surface area contributed by atoms with Crippen LogP contribution in [0.4, 0.5) is 5.69 Å². The molecule has 144 valence electrons. The maximum Gasteiger partial charge on any atom is 0.337 e. The summed E-state index contributed by atoms with van der Waals surface area (Å²) in [5, 5.41) is 2.79. The van der Waals surface area contributed by atoms with Crippen LogP contribution in [0.25, 0.3) is 0 Å². The highest BCUT2D eigenvalue weighted by atomic mass is 16.5. The van der Waals surface area contributed by atoms with Gasteiger partial charge >= 0.3 is 5.97 Å². The van der Waals surface area contributed by atoms with Gasteiger partial charge in [-0.2, -0.15) is 0 Å². The Labute approximate surface area is 161 Å². The van der Waals surface area contributed by atoms with E-state index in [-0.39, 0.29) is 17.4 Å². The molecule has 1 aliphatic rings. The second-order valence-corrected chi connectivity index (χ2v) is 6.32. The third kappa shape index (κ3) is 4.73. The van der Waals surface area contributed by atoms with Crippen molar-refractivity contribution >= 4 is 29.4 Å². The van der Waals surface area contributed by atoms with Crippen molar-refractivity contribution in [1.29, 1.82) is 0 Å². The first kappa shape index (κ1) is 19.1. The van der Waals surface area contributed by atoms with Gasteiger partial charge in [-0.15, -0.1) is 0 Å². The first-order valence-electron chi connectivity index (χ1n) is 8.68. The van der Waals surface area contributed by atoms with Crippen molar-refractivity contribution in [2.24, 2.45) is 5.92 Å². The van der Waals surface area contributed by atoms with Crippen LogP contribution in [0, 0.1) is 5.92 Å². The summed E-state index contributed by atoms with van der Waals surface area (Å²) in [6.07, 6.45) is 1.83. The topological polar surface area (TPSA) is 114 Å². The standard InChI is InChI=1S/C20H19N3O5/c1-28-20(27)15-6-4-13(5-7-15)18(25)22-23-19(26)14-8-10-16(11-9-14)21-17(24)12-2-3-12/h4-12H,2-3H2,1H3,(H,21,24)(H,22,25)(H,23,26). The van der Waals surface area contributed by atoms with Crippen LogP contribution >= 0.6 is 0 Å². The largest absolute Gasteiger partial charge is 0.465 e. The van der Waals surface area contributed by atoms with Gasteiger partial charge in [0.25, 0.3) is 11.8 Å². The fraction of sp³-hybridized carbons (Fsp3) is 0.200. The first-order valence-corrected chi connectivity index (χ1v) is 8.68. The summed E-state index contributed by atoms with van der Waals surface area (Å²) in [6, 6.07) is 12.2. The molecule has 0 aliphatic heterocycles. The van der Waals surface area contributed by atoms with Gasteiger partial charge in [-0.1, -0.05) is 0 Å². The molecule has 8 heteroatoms. The normalized spacial score (nSPS) is 12.6. The van der Waals surface area contributed by atoms with Gasteiger partial charge in [0.15, 0.2) is 0 Å². The highest BCUT2D eigenvalue weighted by molar-refractivity contribution is 6.00. The van der Waals surface area contributed by atoms with Gasteiger partial charge in [-0.05, 0) is 61.4 Å². The Bertz CT molecular complexity index is 902. The second kappa shape index (κ2) is 8.34. The summed E-state index contributed by atoms with van der Waals surface area (Å²) >= 11 is 0. The first-order chi connectivity index (χ1) is 13.5. The lowest BCUT2D eigenvalue weighted by atomic mass is 10.1. The number of anilines is 1. The molecule has 1 aliphatic carbocycles. The smallest absolute Gasteiger partial charge is 0.337 e. The number of hydrazine groups is 1. The molecule has 3 rings (SSSR count). The van der Waals surface area contributed by atoms with Crippen LogP contribution in [-0.2, 0) is 9.53 Å². The van der Waals surface area contributed by atoms with E-state index in [1.165, 1.54) is 31.4 Å². The van der Waals surface area contributed by atoms with Crippen molar-refractivity contribution in [1.82, 2.24) is 10.9 Å². The summed E-state index contributed by atoms with van der Waals surface area (Å²) in [5.41, 5.74) is 6.15. The van der Waals surface area contributed by atoms with Gasteiger partial charge in [0, 0.05) is 22.7 Å². The average molecular weight is 381 g/mol. The van der Waals surface area contributed by atoms with Crippen LogP contribution in [0.2, 0.25) is 0 Å². The number of methoxy groups -OCH3 is 1. The van der Waals surface area contributed by atoms with E-state index < -0.39 is 17.8 Å². The molecular formula is C20H19N3O5. The Morgan fingerprint density at radius 1 is 0.786 bits per heavy atom. The highest BCUT2D eigenvalue weighted by Crippen LogP contribution is 2.30. The molecule has 3 N–H and O–H groups in total. The van der Waals surface area contributed by atoms with Crippen molar-refractivity contribution < 1.29 is 23.9 Å². The van der Waals surface area contributed by atoms with Gasteiger partial charge in [0.2, 0.25) is 5.91 Å². The SMILES string of the molecule is COC(=O)c1ccc(C(=O)NNC(=O)c2ccc(NC(=O)C3CC3)cc2)cc1. The monoisotopic (exact) mass is 381 g/mol. The van der Waals surface area contributed by atoms with Gasteiger partial charge in [0.1, 0.15) is 0 Å². The predicted molar refractivity (Wildman–Crippen MR) is 101 cm³/mol. The van der Waals surface area contributed by atoms with Crippen LogP contribution in [0.1, 0.15) is 43.9 Å². The van der Waals surface area contributed by atoms with Gasteiger partial charge < -0.3 is 10.1 Å². The molecular weight excluding hydrogens is 362 g/mol. The Balaban J connectivity index is 1.52. The minimum atomic E-state index is -0.530. The molecule has 28 heavy (non-hydrogen) atoms. The zero-order valence-corrected chi connectivity index (χ0v) is 15.2. The Morgan fingerprint density at radius 2 is 1.25 bits per heavy atom. The number of benzene rings is 2. The van der Waals surface area contributed by atoms with E-state index in [2.05, 4.69) is 20.9 Å². The maximum atomic E-state index is 12.1. The fourth-order valence-electron chi connectivity index (χ4n) is 2.43. The Morgan fingerprint density at radius 3 is 1.71 bits per heavy atom. The fourth-order valence-corrected chi connectivity index (χ4v) is 2.43. The summed E-state index contributed by atoms with van der Waals surface area (Å²) in [4.78, 5) is 47.3. The minimum absolute atomic E-state index is 0.0114. The van der Waals surface area contributed by atoms with Crippen molar-refractivity contribution in [3.8, 4) is 0 Å². The molecule has 0 radical (unpaired) electrons. The van der Waals surface area contributed by atoms with E-state index >= 15 is 0 Å². The lowest BCUT2D eigenvalue weighted by Crippen LogP contribution is -2.41. The summed E-state index contributed by atoms with van der Waals surface area (Å²) in [7, 11) is 1.27. The van der Waals surface area contributed by atoms with E-state index in [1.807, 2.05) is 0 Å². The Hall–Kier alpha value is -3.68. The molecule has 2 aromatic rings. The number of ether oxygens (including phenoxy) is 1. The number of rotatable bonds is 5. The van der Waals surface area contributed by atoms with Gasteiger partial charge in [0.05, 0.1) is 12.7 Å². The van der Waals surface area contributed by atoms with E-state index in [4.69, 9.17) is 0 Å². The summed E-state index contributed by atoms with van der Waals surface area (Å²) in [6.45, 7) is 0. The quantitative estimate of drug-likeness (QED) is 0.541. The maximum absolute atomic E-state index is 12.1. The Kier molecular flexibility index (Phi) is 5.69. The molecule has 0 atom stereocenters. The molecule has 3 amide bonds. The zero-order valence-electron chi connectivity index (χ0n) is 15.2. The number of hydrogen-bond donors (Lipinski definition) is 3. The van der Waals surface area contributed by atoms with E-state index in [0.29, 0.717) is 16.8 Å². The third-order valence-electron chi connectivity index (χ3n) is 4.22. The number of carbonyl (C=O) groups is 4. The number of carbonyl (C=O) groups excluding carboxylic acids is 4. The summed E-state index contributed by atoms with van der Waals surface area (Å²) in [5.74, 6) is -1.45. The molecule has 0 spiro atoms. The average Bonchev–Trinajstić information content (AvgIpc) is 3.57. The molecule has 8 nitrogen and oxygen atoms in total. The number of esters is 1. The lowest BCUT2D eigenvalue weighted by molar-refractivity contribution is -0.117. The minimum Gasteiger partial charge on any atom is -0.465 e. The van der Waals surface area contributed by atoms with E-state index in [0.717, 1.165) is 12.8 Å². The molecule has 0 unspecified atom stereocenters. The van der Waals surface area contributed by atoms with E-state index in [9.17, 15) is 19.2 Å². The van der Waals surface area contributed by atoms with Crippen molar-refractivity contribution in [3.63, 3.8) is 0 Å². The molecule has 1 saturated carbocycles. The van der Waals surface area contributed by atoms with Crippen LogP contribution in [-0.4, -0.2) is 30.8 Å². The van der Waals surface area contributed by atoms with Crippen LogP contribution in [0.5, 0.6) is 0 Å². The molecule has 2 aromatic carbocycles. The third-order valence-corrected chi connectivity index (χ3v) is 4.22. The second-order valence-electron chi connectivity index (χ2n) is 6.32. The number of hydrogen-bond acceptors (Lipinski definition) is 5. The molecule has 0 saturated heterocycles. The predicted octanol–water partition coefficient (Wildman–Crippen LogP) is 1.90. The summed E-state index contributed by atoms with van der Waals surface area (Å²) < 4.78 is 4.59. The van der Waals surface area contributed by atoms with Crippen molar-refractivity contribution in [2.75, 3.05) is 12.4 Å². The van der Waals surface area contributed by atoms with Crippen molar-refractivity contribution in [2.45, 2.75) is 12.8 Å². The van der Waals surface area contributed by atoms with Crippen LogP contribution in [0.3, 0.4) is 0 Å². The van der Waals surface area contributed by atoms with Crippen LogP contribution in [0.15, 0.2) is 48.5 Å². The molecule has 0 aromatic heterocycles. The lowest BCUT2D eigenvalue weighted by Gasteiger charge is -2.09. The van der Waals surface area contributed by atoms with Crippen molar-refractivity contribution in [3.05, 3.63) is 65.2 Å².